The summed E-state index contributed by atoms with van der Waals surface area (Å²) in [4.78, 5) is 18.0. The molecular formula is C23H28BrN5O6S. The van der Waals surface area contributed by atoms with Crippen molar-refractivity contribution in [1.82, 2.24) is 9.62 Å². The Labute approximate surface area is 218 Å². The van der Waals surface area contributed by atoms with Crippen LogP contribution in [0.15, 0.2) is 44.2 Å². The van der Waals surface area contributed by atoms with Crippen molar-refractivity contribution in [3.63, 3.8) is 0 Å². The first-order valence-corrected chi connectivity index (χ1v) is 13.2. The number of aromatic hydroxyl groups is 1. The maximum Gasteiger partial charge on any atom is 0.345 e. The molecule has 0 saturated heterocycles. The summed E-state index contributed by atoms with van der Waals surface area (Å²) in [7, 11) is -0.909. The average Bonchev–Trinajstić information content (AvgIpc) is 3.36. The van der Waals surface area contributed by atoms with Gasteiger partial charge < -0.3 is 24.8 Å². The highest BCUT2D eigenvalue weighted by atomic mass is 79.9. The summed E-state index contributed by atoms with van der Waals surface area (Å²) in [5.41, 5.74) is 0.873. The molecule has 2 heterocycles. The molecule has 2 aromatic carbocycles. The maximum absolute atomic E-state index is 12.4. The number of anilines is 1. The fourth-order valence-electron chi connectivity index (χ4n) is 2.98. The number of phenols is 1. The first-order chi connectivity index (χ1) is 16.9. The molecule has 4 rings (SSSR count). The summed E-state index contributed by atoms with van der Waals surface area (Å²) in [5, 5.41) is 13.4. The molecule has 2 aliphatic heterocycles. The molecule has 0 saturated carbocycles. The second kappa shape index (κ2) is 11.2. The molecule has 1 amide bonds. The topological polar surface area (TPSA) is 142 Å². The van der Waals surface area contributed by atoms with Gasteiger partial charge in [-0.15, -0.1) is 4.40 Å². The minimum atomic E-state index is -4.01. The lowest BCUT2D eigenvalue weighted by atomic mass is 10.1. The van der Waals surface area contributed by atoms with Gasteiger partial charge in [0.2, 0.25) is 6.79 Å². The van der Waals surface area contributed by atoms with E-state index in [1.165, 1.54) is 11.0 Å². The van der Waals surface area contributed by atoms with E-state index in [0.717, 1.165) is 11.5 Å². The van der Waals surface area contributed by atoms with Gasteiger partial charge >= 0.3 is 10.2 Å². The number of fused-ring (bicyclic) bond motifs is 1. The zero-order valence-corrected chi connectivity index (χ0v) is 22.9. The quantitative estimate of drug-likeness (QED) is 0.469. The van der Waals surface area contributed by atoms with Gasteiger partial charge in [0.05, 0.1) is 17.8 Å². The van der Waals surface area contributed by atoms with Crippen molar-refractivity contribution < 1.29 is 27.8 Å². The number of rotatable bonds is 4. The van der Waals surface area contributed by atoms with Crippen molar-refractivity contribution in [3.8, 4) is 17.2 Å². The van der Waals surface area contributed by atoms with Gasteiger partial charge in [-0.1, -0.05) is 26.8 Å². The molecular weight excluding hydrogens is 554 g/mol. The second-order valence-corrected chi connectivity index (χ2v) is 10.9. The van der Waals surface area contributed by atoms with E-state index >= 15 is 0 Å². The number of hydrogen-bond acceptors (Lipinski definition) is 8. The van der Waals surface area contributed by atoms with E-state index in [4.69, 9.17) is 9.47 Å². The van der Waals surface area contributed by atoms with Gasteiger partial charge in [0.1, 0.15) is 0 Å². The van der Waals surface area contributed by atoms with Crippen LogP contribution in [0.1, 0.15) is 36.7 Å². The summed E-state index contributed by atoms with van der Waals surface area (Å²) in [5.74, 6) is 1.09. The molecule has 194 valence electrons. The minimum absolute atomic E-state index is 0.0215. The number of phenolic OH excluding ortho intramolecular Hbond substituents is 1. The van der Waals surface area contributed by atoms with Crippen LogP contribution in [0.25, 0.3) is 0 Å². The lowest BCUT2D eigenvalue weighted by Gasteiger charge is -2.16. The van der Waals surface area contributed by atoms with Crippen molar-refractivity contribution in [2.24, 2.45) is 15.3 Å². The molecule has 0 radical (unpaired) electrons. The Morgan fingerprint density at radius 1 is 1.22 bits per heavy atom. The summed E-state index contributed by atoms with van der Waals surface area (Å²) in [6, 6.07) is 8.31. The number of benzene rings is 2. The monoisotopic (exact) mass is 581 g/mol. The van der Waals surface area contributed by atoms with Crippen LogP contribution in [-0.4, -0.2) is 56.9 Å². The highest BCUT2D eigenvalue weighted by Gasteiger charge is 2.28. The van der Waals surface area contributed by atoms with Gasteiger partial charge in [-0.05, 0) is 51.7 Å². The SMILES string of the molecule is CC(C)C.CN(C)C(=O)c1c(Br)ccc(NC2=NS(=O)(=O)NC2=NCc2ccc3c(c2)OCO3)c1O. The van der Waals surface area contributed by atoms with Gasteiger partial charge in [0.15, 0.2) is 28.9 Å². The van der Waals surface area contributed by atoms with Crippen LogP contribution in [0.3, 0.4) is 0 Å². The predicted octanol–water partition coefficient (Wildman–Crippen LogP) is 3.50. The number of halogens is 1. The van der Waals surface area contributed by atoms with Crippen molar-refractivity contribution in [1.29, 1.82) is 0 Å². The van der Waals surface area contributed by atoms with E-state index in [1.807, 2.05) is 0 Å². The zero-order chi connectivity index (χ0) is 26.6. The average molecular weight is 582 g/mol. The van der Waals surface area contributed by atoms with Gasteiger partial charge in [-0.3, -0.25) is 9.79 Å². The predicted molar refractivity (Wildman–Crippen MR) is 141 cm³/mol. The summed E-state index contributed by atoms with van der Waals surface area (Å²) in [6.07, 6.45) is 0. The Morgan fingerprint density at radius 3 is 2.56 bits per heavy atom. The molecule has 2 aliphatic rings. The zero-order valence-electron chi connectivity index (χ0n) is 20.5. The third kappa shape index (κ3) is 6.66. The normalized spacial score (nSPS) is 16.2. The van der Waals surface area contributed by atoms with E-state index < -0.39 is 16.1 Å². The summed E-state index contributed by atoms with van der Waals surface area (Å²) in [6.45, 7) is 6.77. The molecule has 36 heavy (non-hydrogen) atoms. The third-order valence-corrected chi connectivity index (χ3v) is 6.05. The smallest absolute Gasteiger partial charge is 0.345 e. The van der Waals surface area contributed by atoms with Crippen LogP contribution < -0.4 is 19.5 Å². The molecule has 0 bridgehead atoms. The molecule has 0 unspecified atom stereocenters. The minimum Gasteiger partial charge on any atom is -0.505 e. The van der Waals surface area contributed by atoms with Crippen molar-refractivity contribution >= 4 is 49.4 Å². The number of hydrogen-bond donors (Lipinski definition) is 3. The largest absolute Gasteiger partial charge is 0.505 e. The molecule has 0 atom stereocenters. The molecule has 13 heteroatoms. The Hall–Kier alpha value is -3.32. The molecule has 0 spiro atoms. The van der Waals surface area contributed by atoms with E-state index in [2.05, 4.69) is 56.1 Å². The Balaban J connectivity index is 0.000000840. The van der Waals surface area contributed by atoms with Gasteiger partial charge in [-0.25, -0.2) is 4.72 Å². The standard InChI is InChI=1S/C19H18BrN5O6S.C4H10/c1-25(2)19(27)15-11(20)4-5-12(16(15)26)22-18-17(23-32(28,29)24-18)21-8-10-3-6-13-14(7-10)31-9-30-13;1-4(2)3/h3-7,26H,8-9H2,1-2H3,(H,21,23)(H,22,24);4H,1-3H3. The van der Waals surface area contributed by atoms with E-state index in [9.17, 15) is 18.3 Å². The third-order valence-electron chi connectivity index (χ3n) is 4.52. The summed E-state index contributed by atoms with van der Waals surface area (Å²) < 4.78 is 40.9. The number of amides is 1. The fraction of sp³-hybridized carbons (Fsp3) is 0.348. The first-order valence-electron chi connectivity index (χ1n) is 10.9. The number of nitrogens with one attached hydrogen (secondary N) is 2. The molecule has 0 aliphatic carbocycles. The van der Waals surface area contributed by atoms with Crippen LogP contribution in [0.2, 0.25) is 0 Å². The molecule has 2 aromatic rings. The maximum atomic E-state index is 12.4. The Kier molecular flexibility index (Phi) is 8.46. The van der Waals surface area contributed by atoms with Gasteiger partial charge in [0, 0.05) is 18.6 Å². The Bertz CT molecular complexity index is 1320. The van der Waals surface area contributed by atoms with Crippen molar-refractivity contribution in [3.05, 3.63) is 45.9 Å². The van der Waals surface area contributed by atoms with Crippen molar-refractivity contribution in [2.75, 3.05) is 26.2 Å². The van der Waals surface area contributed by atoms with Crippen molar-refractivity contribution in [2.45, 2.75) is 27.3 Å². The molecule has 0 fully saturated rings. The van der Waals surface area contributed by atoms with Crippen LogP contribution in [0, 0.1) is 5.92 Å². The van der Waals surface area contributed by atoms with E-state index in [-0.39, 0.29) is 42.0 Å². The van der Waals surface area contributed by atoms with Crippen LogP contribution in [0.4, 0.5) is 5.69 Å². The second-order valence-electron chi connectivity index (χ2n) is 8.74. The fourth-order valence-corrected chi connectivity index (χ4v) is 4.29. The lowest BCUT2D eigenvalue weighted by molar-refractivity contribution is 0.0824. The molecule has 3 N–H and O–H groups in total. The van der Waals surface area contributed by atoms with E-state index in [1.54, 1.807) is 38.4 Å². The highest BCUT2D eigenvalue weighted by Crippen LogP contribution is 2.35. The van der Waals surface area contributed by atoms with Gasteiger partial charge in [0.25, 0.3) is 5.91 Å². The van der Waals surface area contributed by atoms with Crippen LogP contribution >= 0.6 is 15.9 Å². The molecule has 11 nitrogen and oxygen atoms in total. The summed E-state index contributed by atoms with van der Waals surface area (Å²) >= 11 is 3.25. The number of carbonyl (C=O) groups excluding carboxylic acids is 1. The number of ether oxygens (including phenoxy) is 2. The van der Waals surface area contributed by atoms with Gasteiger partial charge in [-0.2, -0.15) is 8.42 Å². The number of carbonyl (C=O) groups is 1. The van der Waals surface area contributed by atoms with Crippen LogP contribution in [0.5, 0.6) is 17.2 Å². The lowest BCUT2D eigenvalue weighted by Crippen LogP contribution is -2.30. The first kappa shape index (κ1) is 27.3. The highest BCUT2D eigenvalue weighted by molar-refractivity contribution is 9.10. The number of nitrogens with zero attached hydrogens (tertiary/aromatic N) is 3. The number of amidine groups is 2. The molecule has 0 aromatic heterocycles. The number of aliphatic imine (C=N–C) groups is 1. The van der Waals surface area contributed by atoms with Crippen LogP contribution in [-0.2, 0) is 16.8 Å². The van der Waals surface area contributed by atoms with E-state index in [0.29, 0.717) is 16.0 Å². The Morgan fingerprint density at radius 2 is 1.89 bits per heavy atom.